The van der Waals surface area contributed by atoms with E-state index in [1.54, 1.807) is 68.6 Å². The number of nitriles is 1. The zero-order chi connectivity index (χ0) is 27.9. The minimum atomic E-state index is -0.619. The fourth-order valence-electron chi connectivity index (χ4n) is 4.13. The van der Waals surface area contributed by atoms with Crippen LogP contribution in [0, 0.1) is 11.3 Å². The van der Waals surface area contributed by atoms with Crippen LogP contribution >= 0.6 is 11.6 Å². The van der Waals surface area contributed by atoms with Gasteiger partial charge in [0.1, 0.15) is 24.0 Å². The number of halogens is 1. The van der Waals surface area contributed by atoms with E-state index in [1.807, 2.05) is 31.2 Å². The quantitative estimate of drug-likeness (QED) is 0.239. The predicted octanol–water partition coefficient (Wildman–Crippen LogP) is 6.12. The van der Waals surface area contributed by atoms with Gasteiger partial charge in [-0.2, -0.15) is 5.26 Å². The number of hydrogen-bond acceptors (Lipinski definition) is 6. The van der Waals surface area contributed by atoms with Gasteiger partial charge in [0.25, 0.3) is 11.8 Å². The Kier molecular flexibility index (Phi) is 8.70. The predicted molar refractivity (Wildman–Crippen MR) is 148 cm³/mol. The molecule has 0 aromatic heterocycles. The van der Waals surface area contributed by atoms with E-state index in [0.717, 1.165) is 16.0 Å². The molecule has 198 valence electrons. The van der Waals surface area contributed by atoms with Gasteiger partial charge in [-0.25, -0.2) is 0 Å². The summed E-state index contributed by atoms with van der Waals surface area (Å²) >= 11 is 6.25. The molecule has 0 N–H and O–H groups in total. The van der Waals surface area contributed by atoms with E-state index in [4.69, 9.17) is 25.8 Å². The van der Waals surface area contributed by atoms with Crippen LogP contribution in [0.15, 0.2) is 83.4 Å². The van der Waals surface area contributed by atoms with Crippen LogP contribution in [0.25, 0.3) is 6.08 Å². The van der Waals surface area contributed by atoms with E-state index in [0.29, 0.717) is 40.0 Å². The monoisotopic (exact) mass is 542 g/mol. The van der Waals surface area contributed by atoms with E-state index < -0.39 is 11.8 Å². The highest BCUT2D eigenvalue weighted by Crippen LogP contribution is 2.33. The average molecular weight is 543 g/mol. The van der Waals surface area contributed by atoms with Crippen LogP contribution in [0.4, 0.5) is 0 Å². The number of amides is 2. The van der Waals surface area contributed by atoms with E-state index in [1.165, 1.54) is 0 Å². The van der Waals surface area contributed by atoms with Crippen LogP contribution in [-0.2, 0) is 22.7 Å². The van der Waals surface area contributed by atoms with Gasteiger partial charge in [0, 0.05) is 16.2 Å². The highest BCUT2D eigenvalue weighted by Gasteiger charge is 2.35. The highest BCUT2D eigenvalue weighted by atomic mass is 35.5. The maximum atomic E-state index is 13.5. The van der Waals surface area contributed by atoms with Gasteiger partial charge < -0.3 is 14.2 Å². The first kappa shape index (κ1) is 27.5. The Morgan fingerprint density at radius 2 is 1.72 bits per heavy atom. The summed E-state index contributed by atoms with van der Waals surface area (Å²) in [5, 5.41) is 10.3. The maximum Gasteiger partial charge on any atom is 0.271 e. The third kappa shape index (κ3) is 6.14. The lowest BCUT2D eigenvalue weighted by atomic mass is 9.93. The summed E-state index contributed by atoms with van der Waals surface area (Å²) in [7, 11) is 1.56. The highest BCUT2D eigenvalue weighted by molar-refractivity contribution is 6.31. The lowest BCUT2D eigenvalue weighted by molar-refractivity contribution is -0.141. The van der Waals surface area contributed by atoms with Gasteiger partial charge in [-0.15, -0.1) is 0 Å². The molecule has 2 amide bonds. The van der Waals surface area contributed by atoms with Crippen molar-refractivity contribution >= 4 is 29.5 Å². The maximum absolute atomic E-state index is 13.5. The van der Waals surface area contributed by atoms with Crippen molar-refractivity contribution in [3.05, 3.63) is 105 Å². The number of hydrogen-bond donors (Lipinski definition) is 0. The minimum Gasteiger partial charge on any atom is -0.497 e. The number of nitrogens with zero attached hydrogens (tertiary/aromatic N) is 2. The van der Waals surface area contributed by atoms with Crippen molar-refractivity contribution in [3.63, 3.8) is 0 Å². The standard InChI is InChI=1S/C31H27ClN2O5/c1-4-38-29-16-22(11-14-28(29)39-19-23-7-5-6-8-27(23)32)15-25-20(2)26(17-33)31(36)34(30(25)35)18-21-9-12-24(37-3)13-10-21/h5-16H,4,18-19H2,1-3H3/b25-15+. The number of rotatable bonds is 9. The second-order valence-corrected chi connectivity index (χ2v) is 9.14. The molecule has 39 heavy (non-hydrogen) atoms. The van der Waals surface area contributed by atoms with Gasteiger partial charge in [0.2, 0.25) is 0 Å². The number of carbonyl (C=O) groups excluding carboxylic acids is 2. The lowest BCUT2D eigenvalue weighted by Gasteiger charge is -2.27. The van der Waals surface area contributed by atoms with E-state index in [2.05, 4.69) is 0 Å². The fourth-order valence-corrected chi connectivity index (χ4v) is 4.32. The van der Waals surface area contributed by atoms with Crippen molar-refractivity contribution in [2.45, 2.75) is 27.0 Å². The normalized spacial score (nSPS) is 14.4. The summed E-state index contributed by atoms with van der Waals surface area (Å²) in [6, 6.07) is 21.7. The Labute approximate surface area is 232 Å². The zero-order valence-corrected chi connectivity index (χ0v) is 22.6. The molecule has 0 saturated carbocycles. The van der Waals surface area contributed by atoms with Gasteiger partial charge in [-0.1, -0.05) is 48.0 Å². The Bertz CT molecular complexity index is 1500. The molecule has 0 atom stereocenters. The molecule has 0 fully saturated rings. The first-order valence-electron chi connectivity index (χ1n) is 12.3. The number of benzene rings is 3. The summed E-state index contributed by atoms with van der Waals surface area (Å²) in [5.74, 6) is 0.578. The first-order valence-corrected chi connectivity index (χ1v) is 12.7. The Balaban J connectivity index is 1.65. The third-order valence-electron chi connectivity index (χ3n) is 6.24. The molecule has 0 unspecified atom stereocenters. The molecule has 7 nitrogen and oxygen atoms in total. The molecule has 1 aliphatic heterocycles. The Morgan fingerprint density at radius 3 is 2.38 bits per heavy atom. The van der Waals surface area contributed by atoms with Gasteiger partial charge in [0.05, 0.1) is 20.3 Å². The Morgan fingerprint density at radius 1 is 0.974 bits per heavy atom. The largest absolute Gasteiger partial charge is 0.497 e. The van der Waals surface area contributed by atoms with Crippen molar-refractivity contribution in [1.29, 1.82) is 5.26 Å². The molecule has 8 heteroatoms. The van der Waals surface area contributed by atoms with Gasteiger partial charge in [-0.05, 0) is 67.0 Å². The molecule has 0 aliphatic carbocycles. The fraction of sp³-hybridized carbons (Fsp3) is 0.194. The number of methoxy groups -OCH3 is 1. The Hall–Kier alpha value is -4.54. The van der Waals surface area contributed by atoms with Crippen LogP contribution in [0.2, 0.25) is 5.02 Å². The molecule has 0 spiro atoms. The molecule has 1 aliphatic rings. The van der Waals surface area contributed by atoms with Crippen molar-refractivity contribution in [2.24, 2.45) is 0 Å². The topological polar surface area (TPSA) is 88.9 Å². The van der Waals surface area contributed by atoms with Crippen LogP contribution in [-0.4, -0.2) is 30.4 Å². The van der Waals surface area contributed by atoms with Crippen LogP contribution in [0.5, 0.6) is 17.2 Å². The van der Waals surface area contributed by atoms with Gasteiger partial charge in [0.15, 0.2) is 11.5 Å². The van der Waals surface area contributed by atoms with Gasteiger partial charge in [-0.3, -0.25) is 14.5 Å². The molecular formula is C31H27ClN2O5. The molecular weight excluding hydrogens is 516 g/mol. The van der Waals surface area contributed by atoms with Crippen LogP contribution in [0.1, 0.15) is 30.5 Å². The summed E-state index contributed by atoms with van der Waals surface area (Å²) < 4.78 is 17.0. The second-order valence-electron chi connectivity index (χ2n) is 8.73. The third-order valence-corrected chi connectivity index (χ3v) is 6.61. The molecule has 4 rings (SSSR count). The van der Waals surface area contributed by atoms with Crippen molar-refractivity contribution in [1.82, 2.24) is 4.90 Å². The van der Waals surface area contributed by atoms with Gasteiger partial charge >= 0.3 is 0 Å². The molecule has 0 bridgehead atoms. The first-order chi connectivity index (χ1) is 18.9. The SMILES string of the molecule is CCOc1cc(/C=C2/C(=O)N(Cc3ccc(OC)cc3)C(=O)C(C#N)=C2C)ccc1OCc1ccccc1Cl. The average Bonchev–Trinajstić information content (AvgIpc) is 2.94. The summed E-state index contributed by atoms with van der Waals surface area (Å²) in [6.45, 7) is 4.16. The molecule has 3 aromatic rings. The second kappa shape index (κ2) is 12.3. The van der Waals surface area contributed by atoms with E-state index >= 15 is 0 Å². The summed E-state index contributed by atoms with van der Waals surface area (Å²) in [4.78, 5) is 27.6. The summed E-state index contributed by atoms with van der Waals surface area (Å²) in [6.07, 6.45) is 1.66. The number of imide groups is 1. The zero-order valence-electron chi connectivity index (χ0n) is 21.9. The molecule has 3 aromatic carbocycles. The smallest absolute Gasteiger partial charge is 0.271 e. The van der Waals surface area contributed by atoms with Crippen LogP contribution in [0.3, 0.4) is 0 Å². The molecule has 0 radical (unpaired) electrons. The lowest BCUT2D eigenvalue weighted by Crippen LogP contribution is -2.42. The molecule has 0 saturated heterocycles. The van der Waals surface area contributed by atoms with Crippen molar-refractivity contribution in [2.75, 3.05) is 13.7 Å². The molecule has 1 heterocycles. The van der Waals surface area contributed by atoms with Crippen molar-refractivity contribution < 1.29 is 23.8 Å². The van der Waals surface area contributed by atoms with E-state index in [-0.39, 0.29) is 24.3 Å². The summed E-state index contributed by atoms with van der Waals surface area (Å²) in [5.41, 5.74) is 2.74. The number of ether oxygens (including phenoxy) is 3. The van der Waals surface area contributed by atoms with Crippen LogP contribution < -0.4 is 14.2 Å². The van der Waals surface area contributed by atoms with E-state index in [9.17, 15) is 14.9 Å². The van der Waals surface area contributed by atoms with Crippen molar-refractivity contribution in [3.8, 4) is 23.3 Å². The minimum absolute atomic E-state index is 0.0243. The number of carbonyl (C=O) groups is 2.